The van der Waals surface area contributed by atoms with E-state index in [1.807, 2.05) is 12.1 Å². The zero-order valence-corrected chi connectivity index (χ0v) is 17.5. The maximum atomic E-state index is 14.4. The molecule has 0 radical (unpaired) electrons. The Morgan fingerprint density at radius 3 is 2.52 bits per heavy atom. The van der Waals surface area contributed by atoms with E-state index in [4.69, 9.17) is 4.98 Å². The van der Waals surface area contributed by atoms with Crippen molar-refractivity contribution in [3.8, 4) is 11.3 Å². The summed E-state index contributed by atoms with van der Waals surface area (Å²) in [4.78, 5) is 16.3. The van der Waals surface area contributed by atoms with Gasteiger partial charge < -0.3 is 5.32 Å². The van der Waals surface area contributed by atoms with Crippen LogP contribution >= 0.6 is 0 Å². The summed E-state index contributed by atoms with van der Waals surface area (Å²) in [5.41, 5.74) is 1.94. The van der Waals surface area contributed by atoms with E-state index in [0.717, 1.165) is 29.8 Å². The summed E-state index contributed by atoms with van der Waals surface area (Å²) < 4.78 is 28.7. The topological polar surface area (TPSA) is 67.8 Å². The molecule has 2 aliphatic rings. The molecule has 0 aliphatic heterocycles. The second-order valence-corrected chi connectivity index (χ2v) is 8.94. The van der Waals surface area contributed by atoms with Crippen LogP contribution in [0.4, 0.5) is 14.6 Å². The number of carbonyl (C=O) groups is 1. The van der Waals surface area contributed by atoms with E-state index >= 15 is 0 Å². The van der Waals surface area contributed by atoms with Crippen molar-refractivity contribution in [3.05, 3.63) is 71.1 Å². The van der Waals surface area contributed by atoms with Crippen molar-refractivity contribution in [2.24, 2.45) is 5.41 Å². The number of nitrogens with zero attached hydrogens (tertiary/aromatic N) is 3. The highest BCUT2D eigenvalue weighted by molar-refractivity contribution is 5.87. The quantitative estimate of drug-likeness (QED) is 0.649. The maximum Gasteiger partial charge on any atom is 0.222 e. The van der Waals surface area contributed by atoms with E-state index in [2.05, 4.69) is 29.4 Å². The summed E-state index contributed by atoms with van der Waals surface area (Å²) in [7, 11) is 0. The average Bonchev–Trinajstić information content (AvgIpc) is 3.09. The Hall–Kier alpha value is -3.22. The fourth-order valence-electron chi connectivity index (χ4n) is 5.68. The first-order chi connectivity index (χ1) is 14.8. The minimum atomic E-state index is -0.656. The predicted octanol–water partition coefficient (Wildman–Crippen LogP) is 4.98. The van der Waals surface area contributed by atoms with E-state index in [0.29, 0.717) is 5.82 Å². The molecule has 2 aliphatic carbocycles. The second kappa shape index (κ2) is 6.64. The molecule has 0 saturated heterocycles. The Kier molecular flexibility index (Phi) is 4.22. The molecule has 1 aromatic carbocycles. The van der Waals surface area contributed by atoms with Crippen molar-refractivity contribution in [1.29, 1.82) is 0 Å². The molecular weight excluding hydrogens is 398 g/mol. The van der Waals surface area contributed by atoms with E-state index in [1.54, 1.807) is 12.1 Å². The molecular formula is C24H22F2N4O. The smallest absolute Gasteiger partial charge is 0.222 e. The number of anilines is 1. The first kappa shape index (κ1) is 19.7. The lowest BCUT2D eigenvalue weighted by molar-refractivity contribution is -0.114. The third kappa shape index (κ3) is 2.65. The van der Waals surface area contributed by atoms with Crippen LogP contribution in [-0.4, -0.2) is 21.1 Å². The van der Waals surface area contributed by atoms with Gasteiger partial charge in [0.15, 0.2) is 0 Å². The van der Waals surface area contributed by atoms with Crippen LogP contribution in [0.2, 0.25) is 0 Å². The van der Waals surface area contributed by atoms with Gasteiger partial charge >= 0.3 is 0 Å². The molecule has 1 saturated carbocycles. The van der Waals surface area contributed by atoms with E-state index in [1.165, 1.54) is 25.1 Å². The number of benzene rings is 1. The van der Waals surface area contributed by atoms with Crippen LogP contribution in [0.3, 0.4) is 0 Å². The molecule has 31 heavy (non-hydrogen) atoms. The number of aromatic nitrogens is 3. The van der Waals surface area contributed by atoms with Crippen LogP contribution in [0.1, 0.15) is 56.5 Å². The third-order valence-corrected chi connectivity index (χ3v) is 7.09. The molecule has 2 aromatic heterocycles. The molecule has 2 heterocycles. The fraction of sp³-hybridized carbons (Fsp3) is 0.333. The molecule has 5 rings (SSSR count). The Balaban J connectivity index is 1.68. The largest absolute Gasteiger partial charge is 0.311 e. The highest BCUT2D eigenvalue weighted by Crippen LogP contribution is 2.69. The number of hydrogen-bond donors (Lipinski definition) is 1. The van der Waals surface area contributed by atoms with Crippen LogP contribution < -0.4 is 5.32 Å². The Bertz CT molecular complexity index is 1210. The van der Waals surface area contributed by atoms with Gasteiger partial charge in [0.1, 0.15) is 17.5 Å². The van der Waals surface area contributed by atoms with Gasteiger partial charge in [-0.15, -0.1) is 5.10 Å². The standard InChI is InChI=1S/C24H22F2N4O/c1-13(31)27-20-9-5-8-19(28-20)24-11-10-15(23(24,2)3)14-12-18(29-30-22(14)24)21-16(25)6-4-7-17(21)26/h4-9,12,15H,10-11H2,1-3H3,(H,27,28,31)/t15-,24-/m0/s1. The van der Waals surface area contributed by atoms with Crippen LogP contribution in [0.25, 0.3) is 11.3 Å². The lowest BCUT2D eigenvalue weighted by atomic mass is 9.66. The summed E-state index contributed by atoms with van der Waals surface area (Å²) in [5, 5.41) is 11.5. The van der Waals surface area contributed by atoms with Crippen molar-refractivity contribution in [2.75, 3.05) is 5.32 Å². The molecule has 3 aromatic rings. The molecule has 0 unspecified atom stereocenters. The number of hydrogen-bond acceptors (Lipinski definition) is 4. The first-order valence-electron chi connectivity index (χ1n) is 10.3. The van der Waals surface area contributed by atoms with Crippen LogP contribution in [-0.2, 0) is 10.2 Å². The van der Waals surface area contributed by atoms with E-state index in [9.17, 15) is 13.6 Å². The highest BCUT2D eigenvalue weighted by Gasteiger charge is 2.65. The van der Waals surface area contributed by atoms with Gasteiger partial charge in [0.2, 0.25) is 5.91 Å². The lowest BCUT2D eigenvalue weighted by Gasteiger charge is -2.37. The third-order valence-electron chi connectivity index (χ3n) is 7.09. The number of fused-ring (bicyclic) bond motifs is 5. The van der Waals surface area contributed by atoms with Gasteiger partial charge in [0.25, 0.3) is 0 Å². The highest BCUT2D eigenvalue weighted by atomic mass is 19.1. The zero-order chi connectivity index (χ0) is 22.0. The summed E-state index contributed by atoms with van der Waals surface area (Å²) in [5.74, 6) is -0.844. The van der Waals surface area contributed by atoms with Gasteiger partial charge in [-0.1, -0.05) is 26.0 Å². The number of halogens is 2. The second-order valence-electron chi connectivity index (χ2n) is 8.94. The number of nitrogens with one attached hydrogen (secondary N) is 1. The molecule has 1 amide bonds. The summed E-state index contributed by atoms with van der Waals surface area (Å²) >= 11 is 0. The van der Waals surface area contributed by atoms with Crippen molar-refractivity contribution in [3.63, 3.8) is 0 Å². The van der Waals surface area contributed by atoms with Gasteiger partial charge in [-0.05, 0) is 60.1 Å². The lowest BCUT2D eigenvalue weighted by Crippen LogP contribution is -2.38. The van der Waals surface area contributed by atoms with Gasteiger partial charge in [0.05, 0.1) is 28.1 Å². The summed E-state index contributed by atoms with van der Waals surface area (Å²) in [6.45, 7) is 5.81. The van der Waals surface area contributed by atoms with Gasteiger partial charge in [-0.25, -0.2) is 13.8 Å². The van der Waals surface area contributed by atoms with Crippen LogP contribution in [0.5, 0.6) is 0 Å². The molecule has 158 valence electrons. The molecule has 1 fully saturated rings. The SMILES string of the molecule is CC(=O)Nc1cccc([C@@]23CC[C@@H](c4cc(-c5c(F)cccc5F)nnc42)C3(C)C)n1. The maximum absolute atomic E-state index is 14.4. The fourth-order valence-corrected chi connectivity index (χ4v) is 5.68. The van der Waals surface area contributed by atoms with Crippen LogP contribution in [0, 0.1) is 17.0 Å². The Labute approximate surface area is 178 Å². The molecule has 0 spiro atoms. The molecule has 7 heteroatoms. The van der Waals surface area contributed by atoms with Gasteiger partial charge in [0, 0.05) is 6.92 Å². The molecule has 1 N–H and O–H groups in total. The monoisotopic (exact) mass is 420 g/mol. The number of rotatable bonds is 3. The minimum Gasteiger partial charge on any atom is -0.311 e. The minimum absolute atomic E-state index is 0.154. The van der Waals surface area contributed by atoms with Crippen molar-refractivity contribution < 1.29 is 13.6 Å². The molecule has 5 nitrogen and oxygen atoms in total. The Morgan fingerprint density at radius 1 is 1.10 bits per heavy atom. The number of amides is 1. The van der Waals surface area contributed by atoms with Crippen LogP contribution in [0.15, 0.2) is 42.5 Å². The Morgan fingerprint density at radius 2 is 1.81 bits per heavy atom. The average molecular weight is 420 g/mol. The first-order valence-corrected chi connectivity index (χ1v) is 10.3. The predicted molar refractivity (Wildman–Crippen MR) is 112 cm³/mol. The zero-order valence-electron chi connectivity index (χ0n) is 17.5. The van der Waals surface area contributed by atoms with Gasteiger partial charge in [-0.3, -0.25) is 4.79 Å². The number of carbonyl (C=O) groups excluding carboxylic acids is 1. The normalized spacial score (nSPS) is 22.9. The van der Waals surface area contributed by atoms with Crippen molar-refractivity contribution >= 4 is 11.7 Å². The molecule has 2 atom stereocenters. The van der Waals surface area contributed by atoms with Gasteiger partial charge in [-0.2, -0.15) is 5.10 Å². The number of pyridine rings is 1. The van der Waals surface area contributed by atoms with E-state index in [-0.39, 0.29) is 28.5 Å². The van der Waals surface area contributed by atoms with Crippen molar-refractivity contribution in [2.45, 2.75) is 44.9 Å². The summed E-state index contributed by atoms with van der Waals surface area (Å²) in [6.07, 6.45) is 1.76. The molecule has 2 bridgehead atoms. The van der Waals surface area contributed by atoms with Crippen molar-refractivity contribution in [1.82, 2.24) is 15.2 Å². The summed E-state index contributed by atoms with van der Waals surface area (Å²) in [6, 6.07) is 11.2. The van der Waals surface area contributed by atoms with E-state index < -0.39 is 17.0 Å².